The number of halogens is 7. The van der Waals surface area contributed by atoms with Crippen molar-refractivity contribution in [2.24, 2.45) is 0 Å². The monoisotopic (exact) mass is 791 g/mol. The summed E-state index contributed by atoms with van der Waals surface area (Å²) in [7, 11) is 0. The van der Waals surface area contributed by atoms with Gasteiger partial charge < -0.3 is 27.5 Å². The highest BCUT2D eigenvalue weighted by atomic mass is 35.5. The van der Waals surface area contributed by atoms with E-state index in [0.717, 1.165) is 27.1 Å². The molecule has 0 aliphatic carbocycles. The number of nitrogens with one attached hydrogen (secondary N) is 2. The summed E-state index contributed by atoms with van der Waals surface area (Å²) in [5.41, 5.74) is -5.47. The second-order valence-corrected chi connectivity index (χ2v) is 14.1. The van der Waals surface area contributed by atoms with Crippen LogP contribution in [0.1, 0.15) is 95.8 Å². The molecule has 12 heteroatoms. The van der Waals surface area contributed by atoms with Crippen molar-refractivity contribution in [2.45, 2.75) is 98.0 Å². The standard InChI is InChI=1S/C27H16F6N2O2.C16H36N.ClH/c28-26(29,30)16-10-17(27(31,32)33)12-18(11-16)35-23-22(24(36)25(23)37)34-13-21-19-7-3-1-5-14(19)9-15-6-2-4-8-20(15)21;1-5-9-13-17(14-10-6-2,15-11-7-3)16-12-8-4;/h1-12,34-35H,13H2;5-16H2,1-4H3;1H/q;+1;/p-1. The molecule has 5 rings (SSSR count). The summed E-state index contributed by atoms with van der Waals surface area (Å²) in [5.74, 6) is 0. The Hall–Kier alpha value is -4.09. The first kappa shape index (κ1) is 45.3. The number of benzene rings is 4. The van der Waals surface area contributed by atoms with Crippen LogP contribution in [0, 0.1) is 0 Å². The normalized spacial score (nSPS) is 12.0. The Balaban J connectivity index is 0.000000385. The molecule has 2 N–H and O–H groups in total. The van der Waals surface area contributed by atoms with Crippen LogP contribution >= 0.6 is 0 Å². The van der Waals surface area contributed by atoms with Crippen LogP contribution in [0.2, 0.25) is 0 Å². The summed E-state index contributed by atoms with van der Waals surface area (Å²) in [6, 6.07) is 17.9. The predicted octanol–water partition coefficient (Wildman–Crippen LogP) is 8.99. The number of quaternary nitrogens is 1. The summed E-state index contributed by atoms with van der Waals surface area (Å²) < 4.78 is 80.7. The van der Waals surface area contributed by atoms with E-state index in [1.165, 1.54) is 82.0 Å². The van der Waals surface area contributed by atoms with E-state index in [2.05, 4.69) is 38.3 Å². The molecule has 0 atom stereocenters. The van der Waals surface area contributed by atoms with E-state index in [1.54, 1.807) is 0 Å². The maximum atomic E-state index is 13.2. The van der Waals surface area contributed by atoms with Crippen LogP contribution in [-0.4, -0.2) is 30.7 Å². The molecule has 5 aromatic rings. The Morgan fingerprint density at radius 1 is 0.564 bits per heavy atom. The highest BCUT2D eigenvalue weighted by Crippen LogP contribution is 2.38. The zero-order chi connectivity index (χ0) is 39.5. The molecule has 5 nitrogen and oxygen atoms in total. The smallest absolute Gasteiger partial charge is 0.416 e. The third kappa shape index (κ3) is 11.7. The molecule has 300 valence electrons. The van der Waals surface area contributed by atoms with Gasteiger partial charge in [-0.2, -0.15) is 26.3 Å². The van der Waals surface area contributed by atoms with Gasteiger partial charge in [-0.1, -0.05) is 102 Å². The molecule has 0 amide bonds. The van der Waals surface area contributed by atoms with Gasteiger partial charge in [0.2, 0.25) is 0 Å². The molecule has 0 aliphatic heterocycles. The van der Waals surface area contributed by atoms with Crippen LogP contribution in [0.25, 0.3) is 21.5 Å². The molecular weight excluding hydrogens is 740 g/mol. The highest BCUT2D eigenvalue weighted by molar-refractivity contribution is 6.02. The quantitative estimate of drug-likeness (QED) is 0.0428. The molecule has 0 radical (unpaired) electrons. The minimum Gasteiger partial charge on any atom is -1.00 e. The summed E-state index contributed by atoms with van der Waals surface area (Å²) in [6.07, 6.45) is 0.954. The van der Waals surface area contributed by atoms with Crippen LogP contribution in [0.15, 0.2) is 82.4 Å². The maximum absolute atomic E-state index is 13.2. The lowest BCUT2D eigenvalue weighted by Gasteiger charge is -2.39. The average molecular weight is 792 g/mol. The van der Waals surface area contributed by atoms with E-state index in [4.69, 9.17) is 0 Å². The number of alkyl halides is 6. The van der Waals surface area contributed by atoms with Crippen molar-refractivity contribution in [3.05, 3.63) is 110 Å². The third-order valence-electron chi connectivity index (χ3n) is 10.0. The fourth-order valence-corrected chi connectivity index (χ4v) is 6.97. The van der Waals surface area contributed by atoms with Gasteiger partial charge in [-0.15, -0.1) is 0 Å². The van der Waals surface area contributed by atoms with Crippen LogP contribution in [0.5, 0.6) is 0 Å². The van der Waals surface area contributed by atoms with E-state index in [1.807, 2.05) is 54.6 Å². The fraction of sp³-hybridized carbons (Fsp3) is 0.442. The van der Waals surface area contributed by atoms with Gasteiger partial charge in [0, 0.05) is 12.2 Å². The number of hydrogen-bond donors (Lipinski definition) is 2. The predicted molar refractivity (Wildman–Crippen MR) is 209 cm³/mol. The van der Waals surface area contributed by atoms with Gasteiger partial charge in [0.25, 0.3) is 10.9 Å². The first-order chi connectivity index (χ1) is 25.7. The highest BCUT2D eigenvalue weighted by Gasteiger charge is 2.37. The van der Waals surface area contributed by atoms with E-state index >= 15 is 0 Å². The number of rotatable bonds is 17. The lowest BCUT2D eigenvalue weighted by molar-refractivity contribution is -0.929. The van der Waals surface area contributed by atoms with E-state index in [9.17, 15) is 35.9 Å². The molecular formula is C43H52ClF6N3O2. The van der Waals surface area contributed by atoms with Gasteiger partial charge in [-0.3, -0.25) is 9.59 Å². The molecule has 5 aromatic carbocycles. The van der Waals surface area contributed by atoms with Gasteiger partial charge in [-0.05, 0) is 77.1 Å². The van der Waals surface area contributed by atoms with Crippen molar-refractivity contribution in [3.8, 4) is 0 Å². The van der Waals surface area contributed by atoms with Crippen LogP contribution in [0.4, 0.5) is 43.4 Å². The molecule has 0 heterocycles. The number of unbranched alkanes of at least 4 members (excludes halogenated alkanes) is 4. The first-order valence-corrected chi connectivity index (χ1v) is 19.1. The van der Waals surface area contributed by atoms with Crippen molar-refractivity contribution in [3.63, 3.8) is 0 Å². The average Bonchev–Trinajstić information content (AvgIpc) is 3.15. The van der Waals surface area contributed by atoms with Crippen molar-refractivity contribution in [1.82, 2.24) is 0 Å². The number of nitrogens with zero attached hydrogens (tertiary/aromatic N) is 1. The van der Waals surface area contributed by atoms with Crippen molar-refractivity contribution < 1.29 is 43.2 Å². The SMILES string of the molecule is CCCC[N+](CCCC)(CCCC)CCCC.O=c1c(NCc2c3ccccc3cc3ccccc23)c(Nc2cc(C(F)(F)F)cc(C(F)(F)F)c2)c1=O.[Cl-]. The lowest BCUT2D eigenvalue weighted by atomic mass is 9.96. The molecule has 0 saturated carbocycles. The zero-order valence-corrected chi connectivity index (χ0v) is 32.8. The second kappa shape index (κ2) is 20.2. The van der Waals surface area contributed by atoms with E-state index in [0.29, 0.717) is 12.1 Å². The Bertz CT molecular complexity index is 1930. The molecule has 55 heavy (non-hydrogen) atoms. The molecule has 0 unspecified atom stereocenters. The van der Waals surface area contributed by atoms with Gasteiger partial charge in [0.15, 0.2) is 0 Å². The summed E-state index contributed by atoms with van der Waals surface area (Å²) in [4.78, 5) is 24.5. The molecule has 0 bridgehead atoms. The second-order valence-electron chi connectivity index (χ2n) is 14.1. The van der Waals surface area contributed by atoms with Gasteiger partial charge in [0.05, 0.1) is 37.3 Å². The molecule has 0 aliphatic rings. The maximum Gasteiger partial charge on any atom is 0.416 e. The van der Waals surface area contributed by atoms with Crippen molar-refractivity contribution in [2.75, 3.05) is 36.8 Å². The molecule has 0 aromatic heterocycles. The summed E-state index contributed by atoms with van der Waals surface area (Å²) in [6.45, 7) is 15.1. The summed E-state index contributed by atoms with van der Waals surface area (Å²) in [5, 5.41) is 8.79. The first-order valence-electron chi connectivity index (χ1n) is 19.1. The zero-order valence-electron chi connectivity index (χ0n) is 32.0. The largest absolute Gasteiger partial charge is 1.00 e. The van der Waals surface area contributed by atoms with E-state index < -0.39 is 45.7 Å². The fourth-order valence-electron chi connectivity index (χ4n) is 6.97. The number of fused-ring (bicyclic) bond motifs is 2. The molecule has 0 saturated heterocycles. The van der Waals surface area contributed by atoms with Crippen LogP contribution in [-0.2, 0) is 18.9 Å². The minimum atomic E-state index is -5.05. The Kier molecular flexibility index (Phi) is 16.6. The number of hydrogen-bond acceptors (Lipinski definition) is 4. The minimum absolute atomic E-state index is 0. The van der Waals surface area contributed by atoms with Gasteiger partial charge in [0.1, 0.15) is 11.4 Å². The van der Waals surface area contributed by atoms with E-state index in [-0.39, 0.29) is 30.7 Å². The molecule has 0 fully saturated rings. The molecule has 0 spiro atoms. The van der Waals surface area contributed by atoms with Crippen molar-refractivity contribution >= 4 is 38.6 Å². The number of anilines is 3. The van der Waals surface area contributed by atoms with Crippen LogP contribution in [0.3, 0.4) is 0 Å². The Morgan fingerprint density at radius 2 is 0.964 bits per heavy atom. The van der Waals surface area contributed by atoms with Gasteiger partial charge in [-0.25, -0.2) is 0 Å². The Labute approximate surface area is 325 Å². The van der Waals surface area contributed by atoms with Gasteiger partial charge >= 0.3 is 12.4 Å². The third-order valence-corrected chi connectivity index (χ3v) is 10.0. The Morgan fingerprint density at radius 3 is 1.36 bits per heavy atom. The van der Waals surface area contributed by atoms with Crippen LogP contribution < -0.4 is 33.9 Å². The van der Waals surface area contributed by atoms with Crippen molar-refractivity contribution in [1.29, 1.82) is 0 Å². The topological polar surface area (TPSA) is 58.2 Å². The summed E-state index contributed by atoms with van der Waals surface area (Å²) >= 11 is 0. The lowest BCUT2D eigenvalue weighted by Crippen LogP contribution is -3.00.